The number of allylic oxidation sites excluding steroid dienone is 1. The second kappa shape index (κ2) is 16.5. The molecule has 1 atom stereocenters. The highest BCUT2D eigenvalue weighted by atomic mass is 17.1. The molecule has 0 aliphatic heterocycles. The summed E-state index contributed by atoms with van der Waals surface area (Å²) in [4.78, 5) is 14.9. The first kappa shape index (κ1) is 21.1. The molecule has 0 saturated heterocycles. The second-order valence-electron chi connectivity index (χ2n) is 5.98. The first-order valence-electron chi connectivity index (χ1n) is 8.89. The zero-order chi connectivity index (χ0) is 16.5. The van der Waals surface area contributed by atoms with E-state index in [0.29, 0.717) is 0 Å². The smallest absolute Gasteiger partial charge is 0.303 e. The molecule has 4 nitrogen and oxygen atoms in total. The maximum Gasteiger partial charge on any atom is 0.303 e. The number of carboxylic acids is 1. The van der Waals surface area contributed by atoms with E-state index in [4.69, 9.17) is 10.4 Å². The molecule has 0 rings (SSSR count). The lowest BCUT2D eigenvalue weighted by Crippen LogP contribution is -2.06. The normalized spacial score (nSPS) is 12.8. The van der Waals surface area contributed by atoms with Crippen LogP contribution in [-0.4, -0.2) is 22.4 Å². The van der Waals surface area contributed by atoms with Crippen molar-refractivity contribution in [2.24, 2.45) is 0 Å². The van der Waals surface area contributed by atoms with E-state index < -0.39 is 5.97 Å². The molecule has 0 fully saturated rings. The van der Waals surface area contributed by atoms with Gasteiger partial charge in [-0.25, -0.2) is 4.89 Å². The molecule has 0 bridgehead atoms. The molecule has 4 heteroatoms. The summed E-state index contributed by atoms with van der Waals surface area (Å²) in [7, 11) is 0. The highest BCUT2D eigenvalue weighted by molar-refractivity contribution is 5.66. The minimum Gasteiger partial charge on any atom is -0.481 e. The van der Waals surface area contributed by atoms with Crippen molar-refractivity contribution in [2.45, 2.75) is 96.5 Å². The van der Waals surface area contributed by atoms with Crippen LogP contribution in [0.15, 0.2) is 12.2 Å². The topological polar surface area (TPSA) is 66.8 Å². The monoisotopic (exact) mass is 314 g/mol. The standard InChI is InChI=1S/C18H34O4/c1-2-3-4-5-6-8-11-14-17(22-21)15-12-9-7-10-13-16-18(19)20/h11,14,17,21H,2-10,12-13,15-16H2,1H3,(H,19,20). The van der Waals surface area contributed by atoms with Crippen LogP contribution in [-0.2, 0) is 9.68 Å². The highest BCUT2D eigenvalue weighted by Crippen LogP contribution is 2.12. The Morgan fingerprint density at radius 1 is 1.00 bits per heavy atom. The number of carbonyl (C=O) groups is 1. The van der Waals surface area contributed by atoms with E-state index in [0.717, 1.165) is 44.9 Å². The fourth-order valence-electron chi connectivity index (χ4n) is 2.45. The molecule has 130 valence electrons. The molecule has 0 radical (unpaired) electrons. The van der Waals surface area contributed by atoms with Crippen LogP contribution in [0.1, 0.15) is 90.4 Å². The number of aliphatic carboxylic acids is 1. The Hall–Kier alpha value is -0.870. The Kier molecular flexibility index (Phi) is 15.8. The van der Waals surface area contributed by atoms with Crippen molar-refractivity contribution in [1.29, 1.82) is 0 Å². The second-order valence-corrected chi connectivity index (χ2v) is 5.98. The lowest BCUT2D eigenvalue weighted by Gasteiger charge is -2.08. The summed E-state index contributed by atoms with van der Waals surface area (Å²) in [6.45, 7) is 2.22. The van der Waals surface area contributed by atoms with Gasteiger partial charge in [-0.05, 0) is 25.7 Å². The number of hydrogen-bond acceptors (Lipinski definition) is 3. The molecular formula is C18H34O4. The van der Waals surface area contributed by atoms with E-state index in [2.05, 4.69) is 17.9 Å². The van der Waals surface area contributed by atoms with E-state index >= 15 is 0 Å². The van der Waals surface area contributed by atoms with E-state index in [9.17, 15) is 4.79 Å². The van der Waals surface area contributed by atoms with E-state index in [1.165, 1.54) is 32.1 Å². The maximum absolute atomic E-state index is 10.4. The van der Waals surface area contributed by atoms with E-state index in [-0.39, 0.29) is 12.5 Å². The van der Waals surface area contributed by atoms with Crippen molar-refractivity contribution >= 4 is 5.97 Å². The van der Waals surface area contributed by atoms with Crippen molar-refractivity contribution in [3.8, 4) is 0 Å². The highest BCUT2D eigenvalue weighted by Gasteiger charge is 2.04. The van der Waals surface area contributed by atoms with Crippen LogP contribution < -0.4 is 0 Å². The van der Waals surface area contributed by atoms with Gasteiger partial charge >= 0.3 is 5.97 Å². The van der Waals surface area contributed by atoms with Gasteiger partial charge in [0.2, 0.25) is 0 Å². The van der Waals surface area contributed by atoms with Gasteiger partial charge in [-0.3, -0.25) is 10.1 Å². The van der Waals surface area contributed by atoms with Crippen molar-refractivity contribution in [3.05, 3.63) is 12.2 Å². The van der Waals surface area contributed by atoms with Gasteiger partial charge in [0.05, 0.1) is 0 Å². The number of hydrogen-bond donors (Lipinski definition) is 2. The van der Waals surface area contributed by atoms with Crippen molar-refractivity contribution in [3.63, 3.8) is 0 Å². The van der Waals surface area contributed by atoms with Gasteiger partial charge in [-0.15, -0.1) is 0 Å². The first-order valence-corrected chi connectivity index (χ1v) is 8.89. The van der Waals surface area contributed by atoms with Crippen molar-refractivity contribution in [1.82, 2.24) is 0 Å². The molecule has 2 N–H and O–H groups in total. The summed E-state index contributed by atoms with van der Waals surface area (Å²) >= 11 is 0. The molecular weight excluding hydrogens is 280 g/mol. The fourth-order valence-corrected chi connectivity index (χ4v) is 2.45. The van der Waals surface area contributed by atoms with Crippen LogP contribution in [0.5, 0.6) is 0 Å². The largest absolute Gasteiger partial charge is 0.481 e. The number of carboxylic acid groups (broad SMARTS) is 1. The van der Waals surface area contributed by atoms with Crippen LogP contribution in [0.3, 0.4) is 0 Å². The zero-order valence-corrected chi connectivity index (χ0v) is 14.1. The van der Waals surface area contributed by atoms with Gasteiger partial charge in [0.25, 0.3) is 0 Å². The van der Waals surface area contributed by atoms with Gasteiger partial charge in [0, 0.05) is 6.42 Å². The van der Waals surface area contributed by atoms with Gasteiger partial charge < -0.3 is 5.11 Å². The summed E-state index contributed by atoms with van der Waals surface area (Å²) < 4.78 is 0. The molecule has 0 saturated carbocycles. The van der Waals surface area contributed by atoms with Crippen molar-refractivity contribution < 1.29 is 20.0 Å². The van der Waals surface area contributed by atoms with E-state index in [1.54, 1.807) is 0 Å². The fraction of sp³-hybridized carbons (Fsp3) is 0.833. The summed E-state index contributed by atoms with van der Waals surface area (Å²) in [5.41, 5.74) is 0. The molecule has 0 amide bonds. The van der Waals surface area contributed by atoms with Crippen LogP contribution in [0, 0.1) is 0 Å². The van der Waals surface area contributed by atoms with Crippen LogP contribution >= 0.6 is 0 Å². The van der Waals surface area contributed by atoms with Crippen molar-refractivity contribution in [2.75, 3.05) is 0 Å². The third-order valence-electron chi connectivity index (χ3n) is 3.84. The molecule has 0 aromatic heterocycles. The summed E-state index contributed by atoms with van der Waals surface area (Å²) in [6, 6.07) is 0. The Balaban J connectivity index is 3.47. The van der Waals surface area contributed by atoms with Gasteiger partial charge in [-0.1, -0.05) is 70.4 Å². The summed E-state index contributed by atoms with van der Waals surface area (Å²) in [5, 5.41) is 17.4. The lowest BCUT2D eigenvalue weighted by molar-refractivity contribution is -0.267. The number of rotatable bonds is 16. The Morgan fingerprint density at radius 2 is 1.64 bits per heavy atom. The average Bonchev–Trinajstić information content (AvgIpc) is 2.50. The van der Waals surface area contributed by atoms with Gasteiger partial charge in [0.1, 0.15) is 6.10 Å². The predicted molar refractivity (Wildman–Crippen MR) is 90.0 cm³/mol. The average molecular weight is 314 g/mol. The summed E-state index contributed by atoms with van der Waals surface area (Å²) in [5.74, 6) is -0.714. The quantitative estimate of drug-likeness (QED) is 0.169. The molecule has 1 unspecified atom stereocenters. The van der Waals surface area contributed by atoms with Crippen LogP contribution in [0.25, 0.3) is 0 Å². The lowest BCUT2D eigenvalue weighted by atomic mass is 10.1. The third kappa shape index (κ3) is 15.5. The van der Waals surface area contributed by atoms with Gasteiger partial charge in [0.15, 0.2) is 0 Å². The Bertz CT molecular complexity index is 276. The predicted octanol–water partition coefficient (Wildman–Crippen LogP) is 5.58. The first-order chi connectivity index (χ1) is 10.7. The molecule has 22 heavy (non-hydrogen) atoms. The minimum atomic E-state index is -0.714. The SMILES string of the molecule is CCCCCCCC=CC(CCCCCCCC(=O)O)OO. The molecule has 0 heterocycles. The molecule has 0 aliphatic carbocycles. The Morgan fingerprint density at radius 3 is 2.32 bits per heavy atom. The van der Waals surface area contributed by atoms with Gasteiger partial charge in [-0.2, -0.15) is 0 Å². The van der Waals surface area contributed by atoms with E-state index in [1.807, 2.05) is 6.08 Å². The Labute approximate surface area is 135 Å². The van der Waals surface area contributed by atoms with Crippen LogP contribution in [0.2, 0.25) is 0 Å². The maximum atomic E-state index is 10.4. The minimum absolute atomic E-state index is 0.199. The molecule has 0 aromatic rings. The van der Waals surface area contributed by atoms with Crippen LogP contribution in [0.4, 0.5) is 0 Å². The summed E-state index contributed by atoms with van der Waals surface area (Å²) in [6.07, 6.45) is 17.2. The molecule has 0 aromatic carbocycles. The molecule has 0 spiro atoms. The number of unbranched alkanes of at least 4 members (excludes halogenated alkanes) is 9. The third-order valence-corrected chi connectivity index (χ3v) is 3.84. The zero-order valence-electron chi connectivity index (χ0n) is 14.1. The molecule has 0 aliphatic rings.